The number of carbonyl (C=O) groups is 2. The lowest BCUT2D eigenvalue weighted by atomic mass is 10.0. The number of aryl methyl sites for hydroxylation is 1. The topological polar surface area (TPSA) is 59.1 Å². The summed E-state index contributed by atoms with van der Waals surface area (Å²) in [5, 5.41) is 0. The lowest BCUT2D eigenvalue weighted by molar-refractivity contribution is -0.144. The van der Waals surface area contributed by atoms with Crippen LogP contribution >= 0.6 is 0 Å². The fraction of sp³-hybridized carbons (Fsp3) is 0.579. The monoisotopic (exact) mass is 346 g/mol. The molecule has 2 amide bonds. The van der Waals surface area contributed by atoms with E-state index in [-0.39, 0.29) is 23.8 Å². The first-order valence-corrected chi connectivity index (χ1v) is 8.91. The molecule has 6 nitrogen and oxygen atoms in total. The Bertz CT molecular complexity index is 628. The molecule has 6 heteroatoms. The zero-order valence-corrected chi connectivity index (χ0v) is 14.9. The Morgan fingerprint density at radius 1 is 1.28 bits per heavy atom. The van der Waals surface area contributed by atoms with E-state index in [4.69, 9.17) is 9.47 Å². The van der Waals surface area contributed by atoms with Gasteiger partial charge in [0, 0.05) is 26.6 Å². The Morgan fingerprint density at radius 3 is 2.80 bits per heavy atom. The molecular formula is C19H26N2O4. The molecular weight excluding hydrogens is 320 g/mol. The average molecular weight is 346 g/mol. The quantitative estimate of drug-likeness (QED) is 0.747. The lowest BCUT2D eigenvalue weighted by Crippen LogP contribution is -2.57. The van der Waals surface area contributed by atoms with E-state index in [9.17, 15) is 9.59 Å². The van der Waals surface area contributed by atoms with Crippen molar-refractivity contribution in [2.75, 3.05) is 39.9 Å². The van der Waals surface area contributed by atoms with Crippen LogP contribution in [0, 0.1) is 5.92 Å². The number of methoxy groups -OCH3 is 1. The Labute approximate surface area is 148 Å². The van der Waals surface area contributed by atoms with E-state index in [1.165, 1.54) is 5.56 Å². The Kier molecular flexibility index (Phi) is 5.58. The molecule has 2 aliphatic heterocycles. The number of hydrogen-bond donors (Lipinski definition) is 0. The highest BCUT2D eigenvalue weighted by Gasteiger charge is 2.40. The summed E-state index contributed by atoms with van der Waals surface area (Å²) < 4.78 is 11.0. The van der Waals surface area contributed by atoms with Crippen LogP contribution in [0.2, 0.25) is 0 Å². The summed E-state index contributed by atoms with van der Waals surface area (Å²) in [6.45, 7) is 4.86. The maximum absolute atomic E-state index is 12.6. The minimum Gasteiger partial charge on any atom is -0.487 e. The van der Waals surface area contributed by atoms with Crippen molar-refractivity contribution >= 4 is 11.8 Å². The van der Waals surface area contributed by atoms with Crippen LogP contribution in [0.1, 0.15) is 18.9 Å². The van der Waals surface area contributed by atoms with Crippen molar-refractivity contribution in [3.8, 4) is 5.75 Å². The van der Waals surface area contributed by atoms with Crippen LogP contribution in [-0.2, 0) is 20.7 Å². The second-order valence-electron chi connectivity index (χ2n) is 6.72. The molecule has 0 spiro atoms. The van der Waals surface area contributed by atoms with Crippen molar-refractivity contribution in [2.24, 2.45) is 5.92 Å². The normalized spacial score (nSPS) is 20.7. The fourth-order valence-corrected chi connectivity index (χ4v) is 3.34. The molecule has 0 saturated carbocycles. The number of carbonyl (C=O) groups excluding carboxylic acids is 2. The van der Waals surface area contributed by atoms with Gasteiger partial charge in [-0.05, 0) is 24.1 Å². The van der Waals surface area contributed by atoms with Crippen LogP contribution in [-0.4, -0.2) is 67.6 Å². The summed E-state index contributed by atoms with van der Waals surface area (Å²) in [5.74, 6) is 0.738. The Morgan fingerprint density at radius 2 is 2.08 bits per heavy atom. The molecule has 0 N–H and O–H groups in total. The molecule has 0 aliphatic carbocycles. The summed E-state index contributed by atoms with van der Waals surface area (Å²) in [7, 11) is 1.61. The third kappa shape index (κ3) is 4.12. The average Bonchev–Trinajstić information content (AvgIpc) is 2.96. The molecule has 136 valence electrons. The standard InChI is InChI=1S/C19H26N2O4/c1-3-14-5-4-6-16(9-14)25-17-12-21(13-17)19(23)15-10-18(22)20(11-15)7-8-24-2/h4-6,9,15,17H,3,7-8,10-13H2,1-2H3/t15-/m0/s1. The van der Waals surface area contributed by atoms with Gasteiger partial charge in [-0.15, -0.1) is 0 Å². The number of hydrogen-bond acceptors (Lipinski definition) is 4. The van der Waals surface area contributed by atoms with E-state index in [1.807, 2.05) is 18.2 Å². The zero-order chi connectivity index (χ0) is 17.8. The molecule has 25 heavy (non-hydrogen) atoms. The second-order valence-corrected chi connectivity index (χ2v) is 6.72. The third-order valence-electron chi connectivity index (χ3n) is 4.90. The first-order valence-electron chi connectivity index (χ1n) is 8.91. The third-order valence-corrected chi connectivity index (χ3v) is 4.90. The summed E-state index contributed by atoms with van der Waals surface area (Å²) in [4.78, 5) is 28.0. The molecule has 2 aliphatic rings. The van der Waals surface area contributed by atoms with E-state index in [1.54, 1.807) is 16.9 Å². The molecule has 2 heterocycles. The Hall–Kier alpha value is -2.08. The molecule has 0 aromatic heterocycles. The number of likely N-dealkylation sites (tertiary alicyclic amines) is 2. The van der Waals surface area contributed by atoms with Crippen molar-refractivity contribution in [2.45, 2.75) is 25.9 Å². The van der Waals surface area contributed by atoms with E-state index >= 15 is 0 Å². The summed E-state index contributed by atoms with van der Waals surface area (Å²) in [5.41, 5.74) is 1.24. The predicted octanol–water partition coefficient (Wildman–Crippen LogP) is 1.33. The molecule has 1 aromatic carbocycles. The van der Waals surface area contributed by atoms with Crippen molar-refractivity contribution in [1.29, 1.82) is 0 Å². The molecule has 0 bridgehead atoms. The maximum atomic E-state index is 12.6. The van der Waals surface area contributed by atoms with E-state index in [0.717, 1.165) is 12.2 Å². The summed E-state index contributed by atoms with van der Waals surface area (Å²) >= 11 is 0. The van der Waals surface area contributed by atoms with Crippen molar-refractivity contribution in [3.63, 3.8) is 0 Å². The van der Waals surface area contributed by atoms with Crippen LogP contribution in [0.25, 0.3) is 0 Å². The largest absolute Gasteiger partial charge is 0.487 e. The van der Waals surface area contributed by atoms with Gasteiger partial charge in [-0.25, -0.2) is 0 Å². The molecule has 1 aromatic rings. The maximum Gasteiger partial charge on any atom is 0.228 e. The smallest absolute Gasteiger partial charge is 0.228 e. The van der Waals surface area contributed by atoms with E-state index < -0.39 is 0 Å². The number of ether oxygens (including phenoxy) is 2. The van der Waals surface area contributed by atoms with E-state index in [2.05, 4.69) is 13.0 Å². The van der Waals surface area contributed by atoms with E-state index in [0.29, 0.717) is 39.2 Å². The molecule has 0 radical (unpaired) electrons. The SMILES string of the molecule is CCc1cccc(OC2CN(C(=O)[C@H]3CC(=O)N(CCOC)C3)C2)c1. The fourth-order valence-electron chi connectivity index (χ4n) is 3.34. The van der Waals surface area contributed by atoms with Gasteiger partial charge in [0.05, 0.1) is 25.6 Å². The highest BCUT2D eigenvalue weighted by molar-refractivity contribution is 5.89. The number of amides is 2. The highest BCUT2D eigenvalue weighted by Crippen LogP contribution is 2.25. The lowest BCUT2D eigenvalue weighted by Gasteiger charge is -2.40. The zero-order valence-electron chi connectivity index (χ0n) is 14.9. The second kappa shape index (κ2) is 7.87. The van der Waals surface area contributed by atoms with Gasteiger partial charge in [0.2, 0.25) is 11.8 Å². The van der Waals surface area contributed by atoms with Crippen LogP contribution in [0.15, 0.2) is 24.3 Å². The highest BCUT2D eigenvalue weighted by atomic mass is 16.5. The Balaban J connectivity index is 1.46. The summed E-state index contributed by atoms with van der Waals surface area (Å²) in [6, 6.07) is 8.07. The molecule has 2 saturated heterocycles. The number of benzene rings is 1. The minimum atomic E-state index is -0.228. The van der Waals surface area contributed by atoms with Gasteiger partial charge in [0.25, 0.3) is 0 Å². The van der Waals surface area contributed by atoms with Crippen LogP contribution in [0.5, 0.6) is 5.75 Å². The first-order chi connectivity index (χ1) is 12.1. The van der Waals surface area contributed by atoms with Crippen LogP contribution in [0.4, 0.5) is 0 Å². The van der Waals surface area contributed by atoms with Gasteiger partial charge in [-0.1, -0.05) is 19.1 Å². The van der Waals surface area contributed by atoms with Gasteiger partial charge < -0.3 is 19.3 Å². The van der Waals surface area contributed by atoms with Crippen molar-refractivity contribution in [3.05, 3.63) is 29.8 Å². The van der Waals surface area contributed by atoms with Gasteiger partial charge >= 0.3 is 0 Å². The van der Waals surface area contributed by atoms with Crippen molar-refractivity contribution in [1.82, 2.24) is 9.80 Å². The summed E-state index contributed by atoms with van der Waals surface area (Å²) in [6.07, 6.45) is 1.32. The van der Waals surface area contributed by atoms with Gasteiger partial charge in [-0.3, -0.25) is 9.59 Å². The molecule has 3 rings (SSSR count). The molecule has 0 unspecified atom stereocenters. The van der Waals surface area contributed by atoms with Crippen LogP contribution < -0.4 is 4.74 Å². The van der Waals surface area contributed by atoms with Gasteiger partial charge in [0.15, 0.2) is 0 Å². The van der Waals surface area contributed by atoms with Gasteiger partial charge in [0.1, 0.15) is 11.9 Å². The van der Waals surface area contributed by atoms with Gasteiger partial charge in [-0.2, -0.15) is 0 Å². The molecule has 1 atom stereocenters. The first kappa shape index (κ1) is 17.7. The van der Waals surface area contributed by atoms with Crippen LogP contribution in [0.3, 0.4) is 0 Å². The van der Waals surface area contributed by atoms with Crippen molar-refractivity contribution < 1.29 is 19.1 Å². The molecule has 2 fully saturated rings. The number of nitrogens with zero attached hydrogens (tertiary/aromatic N) is 2. The number of rotatable bonds is 7. The predicted molar refractivity (Wildman–Crippen MR) is 93.4 cm³/mol. The minimum absolute atomic E-state index is 0.0396.